The Morgan fingerprint density at radius 1 is 1.29 bits per heavy atom. The Balaban J connectivity index is 1.73. The Bertz CT molecular complexity index is 743. The van der Waals surface area contributed by atoms with Crippen molar-refractivity contribution in [1.82, 2.24) is 0 Å². The molecular weight excluding hydrogens is 264 g/mol. The van der Waals surface area contributed by atoms with Crippen LogP contribution < -0.4 is 4.84 Å². The van der Waals surface area contributed by atoms with Crippen molar-refractivity contribution >= 4 is 6.34 Å². The standard InChI is InChI=1S/C17H15N2O2/c20-11-13-4-3-6-16(8-13)21-19-12-18-10-15(19)9-14-5-1-2-7-17(14)19/h1-10,12,17,20H,11H2/q+1. The summed E-state index contributed by atoms with van der Waals surface area (Å²) < 4.78 is 0.227. The zero-order valence-corrected chi connectivity index (χ0v) is 11.4. The first-order valence-electron chi connectivity index (χ1n) is 6.91. The highest BCUT2D eigenvalue weighted by molar-refractivity contribution is 5.60. The highest BCUT2D eigenvalue weighted by atomic mass is 16.7. The second-order valence-electron chi connectivity index (χ2n) is 5.26. The van der Waals surface area contributed by atoms with E-state index in [9.17, 15) is 5.11 Å². The van der Waals surface area contributed by atoms with E-state index in [1.807, 2.05) is 49.0 Å². The molecular formula is C17H15N2O2+. The van der Waals surface area contributed by atoms with Crippen LogP contribution in [0.2, 0.25) is 0 Å². The van der Waals surface area contributed by atoms with Crippen LogP contribution in [0.15, 0.2) is 77.1 Å². The Morgan fingerprint density at radius 2 is 2.24 bits per heavy atom. The lowest BCUT2D eigenvalue weighted by molar-refractivity contribution is -0.971. The lowest BCUT2D eigenvalue weighted by Crippen LogP contribution is -2.51. The molecule has 0 saturated heterocycles. The molecule has 2 atom stereocenters. The van der Waals surface area contributed by atoms with Gasteiger partial charge < -0.3 is 9.94 Å². The molecule has 4 heteroatoms. The van der Waals surface area contributed by atoms with Gasteiger partial charge in [-0.2, -0.15) is 0 Å². The van der Waals surface area contributed by atoms with E-state index < -0.39 is 0 Å². The quantitative estimate of drug-likeness (QED) is 0.864. The van der Waals surface area contributed by atoms with Gasteiger partial charge in [0.25, 0.3) is 0 Å². The summed E-state index contributed by atoms with van der Waals surface area (Å²) in [6.45, 7) is 0.00353. The maximum Gasteiger partial charge on any atom is 0.238 e. The lowest BCUT2D eigenvalue weighted by Gasteiger charge is -2.31. The van der Waals surface area contributed by atoms with Gasteiger partial charge in [0, 0.05) is 11.6 Å². The molecule has 3 aliphatic rings. The van der Waals surface area contributed by atoms with Crippen LogP contribution in [0.5, 0.6) is 5.75 Å². The van der Waals surface area contributed by atoms with Crippen LogP contribution in [-0.4, -0.2) is 22.1 Å². The molecule has 0 amide bonds. The van der Waals surface area contributed by atoms with E-state index in [-0.39, 0.29) is 17.3 Å². The Labute approximate surface area is 122 Å². The zero-order valence-electron chi connectivity index (χ0n) is 11.4. The van der Waals surface area contributed by atoms with Gasteiger partial charge >= 0.3 is 0 Å². The number of hydrogen-bond donors (Lipinski definition) is 1. The molecule has 1 aliphatic carbocycles. The summed E-state index contributed by atoms with van der Waals surface area (Å²) in [5.74, 6) is 0.721. The van der Waals surface area contributed by atoms with E-state index in [2.05, 4.69) is 23.2 Å². The number of benzene rings is 1. The number of nitrogens with zero attached hydrogens (tertiary/aromatic N) is 2. The highest BCUT2D eigenvalue weighted by Gasteiger charge is 2.51. The topological polar surface area (TPSA) is 41.8 Å². The molecule has 1 N–H and O–H groups in total. The number of aliphatic hydroxyl groups is 1. The first-order chi connectivity index (χ1) is 10.3. The second kappa shape index (κ2) is 4.55. The van der Waals surface area contributed by atoms with Crippen LogP contribution in [0.4, 0.5) is 0 Å². The summed E-state index contributed by atoms with van der Waals surface area (Å²) in [5, 5.41) is 9.27. The molecule has 4 nitrogen and oxygen atoms in total. The normalized spacial score (nSPS) is 28.1. The van der Waals surface area contributed by atoms with Crippen molar-refractivity contribution in [3.63, 3.8) is 0 Å². The molecule has 2 unspecified atom stereocenters. The van der Waals surface area contributed by atoms with Crippen molar-refractivity contribution in [2.75, 3.05) is 0 Å². The van der Waals surface area contributed by atoms with Crippen LogP contribution in [0.25, 0.3) is 0 Å². The summed E-state index contributed by atoms with van der Waals surface area (Å²) >= 11 is 0. The van der Waals surface area contributed by atoms with E-state index in [1.54, 1.807) is 0 Å². The van der Waals surface area contributed by atoms with E-state index in [1.165, 1.54) is 5.57 Å². The molecule has 1 aromatic rings. The van der Waals surface area contributed by atoms with Gasteiger partial charge in [-0.15, -0.1) is 0 Å². The van der Waals surface area contributed by atoms with Crippen LogP contribution >= 0.6 is 0 Å². The van der Waals surface area contributed by atoms with Gasteiger partial charge in [0.2, 0.25) is 12.0 Å². The van der Waals surface area contributed by atoms with Crippen LogP contribution in [-0.2, 0) is 6.61 Å². The molecule has 0 spiro atoms. The summed E-state index contributed by atoms with van der Waals surface area (Å²) in [4.78, 5) is 10.5. The van der Waals surface area contributed by atoms with Crippen molar-refractivity contribution in [2.24, 2.45) is 4.99 Å². The molecule has 1 aromatic carbocycles. The van der Waals surface area contributed by atoms with Gasteiger partial charge in [0.1, 0.15) is 0 Å². The monoisotopic (exact) mass is 279 g/mol. The molecule has 104 valence electrons. The van der Waals surface area contributed by atoms with Gasteiger partial charge in [-0.05, 0) is 23.8 Å². The van der Waals surface area contributed by atoms with Crippen molar-refractivity contribution in [1.29, 1.82) is 0 Å². The molecule has 2 heterocycles. The third kappa shape index (κ3) is 1.81. The zero-order chi connectivity index (χ0) is 14.3. The number of hydroxylamine groups is 3. The molecule has 2 aliphatic heterocycles. The number of aliphatic imine (C=N–C) groups is 1. The molecule has 0 saturated carbocycles. The molecule has 21 heavy (non-hydrogen) atoms. The van der Waals surface area contributed by atoms with Gasteiger partial charge in [0.05, 0.1) is 12.8 Å². The Hall–Kier alpha value is -2.43. The van der Waals surface area contributed by atoms with E-state index in [0.717, 1.165) is 17.0 Å². The van der Waals surface area contributed by atoms with Crippen LogP contribution in [0, 0.1) is 0 Å². The third-order valence-electron chi connectivity index (χ3n) is 3.95. The number of hydrogen-bond acceptors (Lipinski definition) is 3. The van der Waals surface area contributed by atoms with Gasteiger partial charge in [0.15, 0.2) is 11.8 Å². The maximum absolute atomic E-state index is 9.27. The van der Waals surface area contributed by atoms with E-state index >= 15 is 0 Å². The van der Waals surface area contributed by atoms with E-state index in [4.69, 9.17) is 4.84 Å². The van der Waals surface area contributed by atoms with Crippen molar-refractivity contribution < 1.29 is 14.6 Å². The average Bonchev–Trinajstić information content (AvgIpc) is 3.03. The fourth-order valence-electron chi connectivity index (χ4n) is 2.94. The minimum absolute atomic E-state index is 0.00353. The molecule has 0 fully saturated rings. The maximum atomic E-state index is 9.27. The number of aliphatic hydroxyl groups excluding tert-OH is 1. The van der Waals surface area contributed by atoms with Crippen LogP contribution in [0.3, 0.4) is 0 Å². The first-order valence-corrected chi connectivity index (χ1v) is 6.91. The minimum atomic E-state index is 0.00353. The second-order valence-corrected chi connectivity index (χ2v) is 5.26. The Kier molecular flexibility index (Phi) is 2.67. The number of fused-ring (bicyclic) bond motifs is 3. The van der Waals surface area contributed by atoms with Gasteiger partial charge in [-0.25, -0.2) is 4.99 Å². The predicted octanol–water partition coefficient (Wildman–Crippen LogP) is 2.61. The average molecular weight is 279 g/mol. The third-order valence-corrected chi connectivity index (χ3v) is 3.95. The minimum Gasteiger partial charge on any atom is -0.392 e. The summed E-state index contributed by atoms with van der Waals surface area (Å²) in [6.07, 6.45) is 14.1. The van der Waals surface area contributed by atoms with Gasteiger partial charge in [-0.1, -0.05) is 35.0 Å². The fourth-order valence-corrected chi connectivity index (χ4v) is 2.94. The van der Waals surface area contributed by atoms with Crippen molar-refractivity contribution in [2.45, 2.75) is 12.6 Å². The number of allylic oxidation sites excluding steroid dienone is 3. The smallest absolute Gasteiger partial charge is 0.238 e. The predicted molar refractivity (Wildman–Crippen MR) is 80.0 cm³/mol. The van der Waals surface area contributed by atoms with Crippen LogP contribution in [0.1, 0.15) is 5.56 Å². The molecule has 0 bridgehead atoms. The fraction of sp³-hybridized carbons (Fsp3) is 0.118. The molecule has 0 aromatic heterocycles. The largest absolute Gasteiger partial charge is 0.392 e. The number of quaternary nitrogens is 1. The summed E-state index contributed by atoms with van der Waals surface area (Å²) in [6, 6.07) is 7.60. The van der Waals surface area contributed by atoms with Crippen molar-refractivity contribution in [3.8, 4) is 5.75 Å². The van der Waals surface area contributed by atoms with E-state index in [0.29, 0.717) is 0 Å². The van der Waals surface area contributed by atoms with Crippen molar-refractivity contribution in [3.05, 3.63) is 77.7 Å². The molecule has 4 rings (SSSR count). The summed E-state index contributed by atoms with van der Waals surface area (Å²) in [7, 11) is 0. The summed E-state index contributed by atoms with van der Waals surface area (Å²) in [5.41, 5.74) is 3.06. The SMILES string of the molecule is OCc1cccc(O[N+]23C=NC=C2C=C2C=CC=CC23)c1. The Morgan fingerprint density at radius 3 is 3.14 bits per heavy atom. The number of rotatable bonds is 3. The first kappa shape index (κ1) is 12.3. The molecule has 0 radical (unpaired) electrons. The van der Waals surface area contributed by atoms with Gasteiger partial charge in [-0.3, -0.25) is 0 Å². The lowest BCUT2D eigenvalue weighted by atomic mass is 10.0. The highest BCUT2D eigenvalue weighted by Crippen LogP contribution is 2.40.